The second-order valence-electron chi connectivity index (χ2n) is 7.87. The van der Waals surface area contributed by atoms with Gasteiger partial charge in [-0.3, -0.25) is 9.88 Å². The number of aryl methyl sites for hydroxylation is 1. The van der Waals surface area contributed by atoms with Gasteiger partial charge in [-0.1, -0.05) is 36.4 Å². The van der Waals surface area contributed by atoms with E-state index in [4.69, 9.17) is 0 Å². The molecule has 1 atom stereocenters. The van der Waals surface area contributed by atoms with Crippen molar-refractivity contribution in [2.75, 3.05) is 31.1 Å². The molecular formula is C25H25FN4. The highest BCUT2D eigenvalue weighted by molar-refractivity contribution is 5.85. The van der Waals surface area contributed by atoms with Crippen molar-refractivity contribution in [3.05, 3.63) is 95.7 Å². The summed E-state index contributed by atoms with van der Waals surface area (Å²) < 4.78 is 14.3. The van der Waals surface area contributed by atoms with Crippen LogP contribution in [0.5, 0.6) is 0 Å². The Kier molecular flexibility index (Phi) is 4.97. The standard InChI is InChI=1S/C25H25FN4/c1-18-24(20-8-2-4-10-22(20)28-18)25(19-7-6-12-27-17-19)30-15-13-29(14-16-30)23-11-5-3-9-21(23)26/h2-12,17,25,28H,13-16H2,1H3/t25-/m1/s1. The maximum absolute atomic E-state index is 14.3. The van der Waals surface area contributed by atoms with Crippen molar-refractivity contribution in [2.45, 2.75) is 13.0 Å². The van der Waals surface area contributed by atoms with Gasteiger partial charge in [0, 0.05) is 60.7 Å². The number of aromatic amines is 1. The van der Waals surface area contributed by atoms with Crippen LogP contribution in [0, 0.1) is 12.7 Å². The highest BCUT2D eigenvalue weighted by Crippen LogP contribution is 2.36. The first-order chi connectivity index (χ1) is 14.7. The minimum Gasteiger partial charge on any atom is -0.367 e. The number of H-pyrrole nitrogens is 1. The minimum absolute atomic E-state index is 0.109. The molecule has 1 N–H and O–H groups in total. The Bertz CT molecular complexity index is 1150. The van der Waals surface area contributed by atoms with Gasteiger partial charge >= 0.3 is 0 Å². The highest BCUT2D eigenvalue weighted by atomic mass is 19.1. The van der Waals surface area contributed by atoms with Gasteiger partial charge in [0.2, 0.25) is 0 Å². The lowest BCUT2D eigenvalue weighted by Gasteiger charge is -2.40. The maximum Gasteiger partial charge on any atom is 0.146 e. The van der Waals surface area contributed by atoms with Gasteiger partial charge in [0.05, 0.1) is 11.7 Å². The molecule has 0 bridgehead atoms. The number of fused-ring (bicyclic) bond motifs is 1. The van der Waals surface area contributed by atoms with Gasteiger partial charge in [-0.2, -0.15) is 0 Å². The van der Waals surface area contributed by atoms with E-state index >= 15 is 0 Å². The van der Waals surface area contributed by atoms with Crippen LogP contribution in [0.15, 0.2) is 73.1 Å². The van der Waals surface area contributed by atoms with Crippen molar-refractivity contribution in [3.63, 3.8) is 0 Å². The van der Waals surface area contributed by atoms with E-state index in [1.54, 1.807) is 6.07 Å². The number of halogens is 1. The predicted octanol–water partition coefficient (Wildman–Crippen LogP) is 4.92. The molecule has 1 saturated heterocycles. The number of para-hydroxylation sites is 2. The van der Waals surface area contributed by atoms with Crippen LogP contribution in [-0.4, -0.2) is 41.0 Å². The van der Waals surface area contributed by atoms with Gasteiger partial charge in [0.1, 0.15) is 5.82 Å². The first-order valence-electron chi connectivity index (χ1n) is 10.4. The fourth-order valence-electron chi connectivity index (χ4n) is 4.68. The molecule has 2 aromatic carbocycles. The van der Waals surface area contributed by atoms with Crippen molar-refractivity contribution in [3.8, 4) is 0 Å². The topological polar surface area (TPSA) is 35.2 Å². The molecule has 5 rings (SSSR count). The first kappa shape index (κ1) is 18.8. The van der Waals surface area contributed by atoms with E-state index in [-0.39, 0.29) is 11.9 Å². The lowest BCUT2D eigenvalue weighted by Crippen LogP contribution is -2.48. The summed E-state index contributed by atoms with van der Waals surface area (Å²) in [5.74, 6) is -0.151. The van der Waals surface area contributed by atoms with E-state index in [2.05, 4.69) is 57.0 Å². The lowest BCUT2D eigenvalue weighted by molar-refractivity contribution is 0.212. The number of nitrogens with one attached hydrogen (secondary N) is 1. The number of aromatic nitrogens is 2. The Labute approximate surface area is 176 Å². The summed E-state index contributed by atoms with van der Waals surface area (Å²) in [6, 6.07) is 19.8. The summed E-state index contributed by atoms with van der Waals surface area (Å²) in [5.41, 5.74) is 5.52. The number of anilines is 1. The van der Waals surface area contributed by atoms with Crippen LogP contribution < -0.4 is 4.90 Å². The third-order valence-electron chi connectivity index (χ3n) is 6.09. The zero-order valence-corrected chi connectivity index (χ0v) is 17.1. The molecule has 0 saturated carbocycles. The molecule has 4 aromatic rings. The molecule has 1 aliphatic heterocycles. The molecule has 1 aliphatic rings. The number of pyridine rings is 1. The smallest absolute Gasteiger partial charge is 0.146 e. The number of benzene rings is 2. The van der Waals surface area contributed by atoms with Crippen LogP contribution in [0.3, 0.4) is 0 Å². The summed E-state index contributed by atoms with van der Waals surface area (Å²) in [6.45, 7) is 5.44. The van der Waals surface area contributed by atoms with Crippen LogP contribution in [0.25, 0.3) is 10.9 Å². The van der Waals surface area contributed by atoms with Crippen molar-refractivity contribution < 1.29 is 4.39 Å². The molecule has 3 heterocycles. The fraction of sp³-hybridized carbons (Fsp3) is 0.240. The third kappa shape index (κ3) is 3.35. The molecule has 2 aromatic heterocycles. The molecule has 0 radical (unpaired) electrons. The molecule has 0 amide bonds. The second kappa shape index (κ2) is 7.92. The predicted molar refractivity (Wildman–Crippen MR) is 119 cm³/mol. The average molecular weight is 401 g/mol. The second-order valence-corrected chi connectivity index (χ2v) is 7.87. The van der Waals surface area contributed by atoms with Gasteiger partial charge in [0.25, 0.3) is 0 Å². The number of rotatable bonds is 4. The van der Waals surface area contributed by atoms with E-state index < -0.39 is 0 Å². The first-order valence-corrected chi connectivity index (χ1v) is 10.4. The molecule has 0 spiro atoms. The van der Waals surface area contributed by atoms with E-state index in [0.29, 0.717) is 5.69 Å². The Hall–Kier alpha value is -3.18. The molecule has 152 valence electrons. The number of nitrogens with zero attached hydrogens (tertiary/aromatic N) is 3. The van der Waals surface area contributed by atoms with Crippen LogP contribution in [0.1, 0.15) is 22.9 Å². The van der Waals surface area contributed by atoms with Crippen molar-refractivity contribution in [1.82, 2.24) is 14.9 Å². The van der Waals surface area contributed by atoms with Crippen LogP contribution in [0.4, 0.5) is 10.1 Å². The molecule has 0 unspecified atom stereocenters. The molecular weight excluding hydrogens is 375 g/mol. The zero-order valence-electron chi connectivity index (χ0n) is 17.1. The maximum atomic E-state index is 14.3. The van der Waals surface area contributed by atoms with Gasteiger partial charge in [-0.05, 0) is 36.8 Å². The highest BCUT2D eigenvalue weighted by Gasteiger charge is 2.30. The molecule has 4 nitrogen and oxygen atoms in total. The van der Waals surface area contributed by atoms with Crippen LogP contribution in [-0.2, 0) is 0 Å². The summed E-state index contributed by atoms with van der Waals surface area (Å²) in [7, 11) is 0. The van der Waals surface area contributed by atoms with E-state index in [1.807, 2.05) is 30.6 Å². The fourth-order valence-corrected chi connectivity index (χ4v) is 4.68. The van der Waals surface area contributed by atoms with E-state index in [9.17, 15) is 4.39 Å². The van der Waals surface area contributed by atoms with Crippen molar-refractivity contribution in [1.29, 1.82) is 0 Å². The largest absolute Gasteiger partial charge is 0.367 e. The number of hydrogen-bond donors (Lipinski definition) is 1. The van der Waals surface area contributed by atoms with Gasteiger partial charge < -0.3 is 9.88 Å². The zero-order chi connectivity index (χ0) is 20.5. The summed E-state index contributed by atoms with van der Waals surface area (Å²) in [5, 5.41) is 1.25. The normalized spacial score (nSPS) is 16.1. The van der Waals surface area contributed by atoms with Crippen molar-refractivity contribution in [2.24, 2.45) is 0 Å². The van der Waals surface area contributed by atoms with Crippen LogP contribution >= 0.6 is 0 Å². The monoisotopic (exact) mass is 400 g/mol. The lowest BCUT2D eigenvalue weighted by atomic mass is 9.95. The van der Waals surface area contributed by atoms with E-state index in [1.165, 1.54) is 28.3 Å². The van der Waals surface area contributed by atoms with Crippen LogP contribution in [0.2, 0.25) is 0 Å². The van der Waals surface area contributed by atoms with Gasteiger partial charge in [0.15, 0.2) is 0 Å². The minimum atomic E-state index is -0.151. The molecule has 30 heavy (non-hydrogen) atoms. The molecule has 5 heteroatoms. The average Bonchev–Trinajstić information content (AvgIpc) is 3.11. The molecule has 0 aliphatic carbocycles. The van der Waals surface area contributed by atoms with Crippen molar-refractivity contribution >= 4 is 16.6 Å². The Balaban J connectivity index is 1.50. The van der Waals surface area contributed by atoms with Gasteiger partial charge in [-0.25, -0.2) is 4.39 Å². The Morgan fingerprint density at radius 2 is 1.70 bits per heavy atom. The third-order valence-corrected chi connectivity index (χ3v) is 6.09. The Morgan fingerprint density at radius 1 is 0.933 bits per heavy atom. The van der Waals surface area contributed by atoms with Gasteiger partial charge in [-0.15, -0.1) is 0 Å². The summed E-state index contributed by atoms with van der Waals surface area (Å²) >= 11 is 0. The number of piperazine rings is 1. The number of hydrogen-bond acceptors (Lipinski definition) is 3. The summed E-state index contributed by atoms with van der Waals surface area (Å²) in [4.78, 5) is 12.6. The van der Waals surface area contributed by atoms with E-state index in [0.717, 1.165) is 31.7 Å². The molecule has 1 fully saturated rings. The Morgan fingerprint density at radius 3 is 2.47 bits per heavy atom. The SMILES string of the molecule is Cc1[nH]c2ccccc2c1[C@@H](c1cccnc1)N1CCN(c2ccccc2F)CC1. The summed E-state index contributed by atoms with van der Waals surface area (Å²) in [6.07, 6.45) is 3.79. The quantitative estimate of drug-likeness (QED) is 0.528.